The Balaban J connectivity index is 1.07. The lowest BCUT2D eigenvalue weighted by Gasteiger charge is -2.49. The molecule has 2 aliphatic carbocycles. The second kappa shape index (κ2) is 10.2. The number of fused-ring (bicyclic) bond motifs is 4. The molecule has 2 atom stereocenters. The SMILES string of the molecule is N#Cc1c(N2C[C@H]3CC[C@@H](C2)N3)nc(OCC2(CN3CCS(=O)(=O)CC3)CC2)nc1N1CC2(CCc3sc(N)c(C#N)c32)C1. The van der Waals surface area contributed by atoms with E-state index in [9.17, 15) is 18.9 Å². The highest BCUT2D eigenvalue weighted by Crippen LogP contribution is 2.53. The maximum absolute atomic E-state index is 11.9. The van der Waals surface area contributed by atoms with Crippen LogP contribution in [0.1, 0.15) is 53.7 Å². The third-order valence-corrected chi connectivity index (χ3v) is 13.4. The van der Waals surface area contributed by atoms with E-state index < -0.39 is 9.84 Å². The number of nitriles is 2. The van der Waals surface area contributed by atoms with Crippen LogP contribution in [0.15, 0.2) is 0 Å². The molecule has 8 rings (SSSR count). The van der Waals surface area contributed by atoms with E-state index in [1.807, 2.05) is 0 Å². The quantitative estimate of drug-likeness (QED) is 0.450. The lowest BCUT2D eigenvalue weighted by Crippen LogP contribution is -2.59. The minimum Gasteiger partial charge on any atom is -0.463 e. The molecule has 232 valence electrons. The van der Waals surface area contributed by atoms with Crippen molar-refractivity contribution in [3.05, 3.63) is 21.6 Å². The summed E-state index contributed by atoms with van der Waals surface area (Å²) >= 11 is 1.53. The molecule has 12 nitrogen and oxygen atoms in total. The third-order valence-electron chi connectivity index (χ3n) is 10.7. The Morgan fingerprint density at radius 2 is 1.66 bits per heavy atom. The summed E-state index contributed by atoms with van der Waals surface area (Å²) in [7, 11) is -2.92. The molecule has 2 aromatic heterocycles. The summed E-state index contributed by atoms with van der Waals surface area (Å²) < 4.78 is 30.2. The zero-order chi connectivity index (χ0) is 30.3. The monoisotopic (exact) mass is 635 g/mol. The fraction of sp³-hybridized carbons (Fsp3) is 0.667. The Hall–Kier alpha value is -3.17. The van der Waals surface area contributed by atoms with Crippen LogP contribution in [0.25, 0.3) is 0 Å². The van der Waals surface area contributed by atoms with Crippen LogP contribution in [-0.4, -0.2) is 99.3 Å². The Morgan fingerprint density at radius 1 is 1.00 bits per heavy atom. The lowest BCUT2D eigenvalue weighted by atomic mass is 9.74. The van der Waals surface area contributed by atoms with E-state index in [1.54, 1.807) is 0 Å². The molecule has 0 unspecified atom stereocenters. The minimum absolute atomic E-state index is 0.0273. The van der Waals surface area contributed by atoms with E-state index in [4.69, 9.17) is 20.4 Å². The first-order chi connectivity index (χ1) is 21.2. The number of thiophene rings is 1. The summed E-state index contributed by atoms with van der Waals surface area (Å²) in [4.78, 5) is 17.6. The highest BCUT2D eigenvalue weighted by atomic mass is 32.2. The van der Waals surface area contributed by atoms with Crippen molar-refractivity contribution in [2.45, 2.75) is 56.0 Å². The number of hydrogen-bond donors (Lipinski definition) is 2. The highest BCUT2D eigenvalue weighted by molar-refractivity contribution is 7.91. The van der Waals surface area contributed by atoms with Gasteiger partial charge in [-0.15, -0.1) is 11.3 Å². The molecule has 0 amide bonds. The van der Waals surface area contributed by atoms with Crippen LogP contribution in [0, 0.1) is 28.1 Å². The standard InChI is InChI=1S/C30H37N9O3S2/c31-11-21-24-23(43-25(21)33)3-4-30(24)16-39(17-30)27-22(12-32)26(38-13-19-1-2-20(14-38)34-19)35-28(36-27)42-18-29(5-6-29)15-37-7-9-44(40,41)10-8-37/h19-20,34H,1-10,13-18,33H2/t19-,20+. The van der Waals surface area contributed by atoms with Gasteiger partial charge in [-0.2, -0.15) is 20.5 Å². The summed E-state index contributed by atoms with van der Waals surface area (Å²) in [6.07, 6.45) is 6.16. The van der Waals surface area contributed by atoms with E-state index in [0.29, 0.717) is 72.6 Å². The second-order valence-electron chi connectivity index (χ2n) is 13.8. The number of piperazine rings is 1. The van der Waals surface area contributed by atoms with E-state index in [-0.39, 0.29) is 28.3 Å². The normalized spacial score (nSPS) is 27.4. The van der Waals surface area contributed by atoms with E-state index in [2.05, 4.69) is 32.2 Å². The van der Waals surface area contributed by atoms with Crippen molar-refractivity contribution in [1.82, 2.24) is 20.2 Å². The average Bonchev–Trinajstić information content (AvgIpc) is 3.37. The van der Waals surface area contributed by atoms with Crippen molar-refractivity contribution in [3.63, 3.8) is 0 Å². The van der Waals surface area contributed by atoms with Gasteiger partial charge >= 0.3 is 6.01 Å². The van der Waals surface area contributed by atoms with Crippen LogP contribution in [0.2, 0.25) is 0 Å². The second-order valence-corrected chi connectivity index (χ2v) is 17.2. The number of nitrogens with zero attached hydrogens (tertiary/aromatic N) is 7. The maximum Gasteiger partial charge on any atom is 0.320 e. The third kappa shape index (κ3) is 4.78. The van der Waals surface area contributed by atoms with Gasteiger partial charge in [0, 0.05) is 73.6 Å². The molecule has 6 heterocycles. The minimum atomic E-state index is -2.92. The van der Waals surface area contributed by atoms with Crippen LogP contribution in [0.3, 0.4) is 0 Å². The van der Waals surface area contributed by atoms with Crippen molar-refractivity contribution in [3.8, 4) is 18.1 Å². The molecule has 6 aliphatic rings. The van der Waals surface area contributed by atoms with Gasteiger partial charge in [0.15, 0.2) is 21.5 Å². The lowest BCUT2D eigenvalue weighted by molar-refractivity contribution is 0.160. The smallest absolute Gasteiger partial charge is 0.320 e. The van der Waals surface area contributed by atoms with Crippen LogP contribution in [-0.2, 0) is 21.7 Å². The molecule has 4 saturated heterocycles. The molecule has 2 aromatic rings. The molecule has 5 fully saturated rings. The first-order valence-corrected chi connectivity index (χ1v) is 18.3. The number of anilines is 3. The zero-order valence-corrected chi connectivity index (χ0v) is 26.4. The van der Waals surface area contributed by atoms with Crippen LogP contribution in [0.5, 0.6) is 6.01 Å². The van der Waals surface area contributed by atoms with Gasteiger partial charge < -0.3 is 30.5 Å². The largest absolute Gasteiger partial charge is 0.463 e. The molecule has 0 radical (unpaired) electrons. The predicted molar refractivity (Wildman–Crippen MR) is 167 cm³/mol. The number of rotatable bonds is 7. The predicted octanol–water partition coefficient (Wildman–Crippen LogP) is 1.40. The van der Waals surface area contributed by atoms with Crippen LogP contribution >= 0.6 is 11.3 Å². The Morgan fingerprint density at radius 3 is 2.30 bits per heavy atom. The van der Waals surface area contributed by atoms with Crippen molar-refractivity contribution in [2.24, 2.45) is 5.41 Å². The molecule has 14 heteroatoms. The molecular weight excluding hydrogens is 599 g/mol. The molecule has 0 aromatic carbocycles. The van der Waals surface area contributed by atoms with E-state index in [1.165, 1.54) is 16.2 Å². The van der Waals surface area contributed by atoms with Crippen LogP contribution in [0.4, 0.5) is 16.6 Å². The summed E-state index contributed by atoms with van der Waals surface area (Å²) in [5, 5.41) is 24.6. The van der Waals surface area contributed by atoms with Crippen molar-refractivity contribution in [2.75, 3.05) is 79.5 Å². The molecule has 1 saturated carbocycles. The Bertz CT molecular complexity index is 1670. The van der Waals surface area contributed by atoms with Crippen LogP contribution < -0.4 is 25.6 Å². The average molecular weight is 636 g/mol. The van der Waals surface area contributed by atoms with E-state index >= 15 is 0 Å². The van der Waals surface area contributed by atoms with Gasteiger partial charge in [0.25, 0.3) is 0 Å². The van der Waals surface area contributed by atoms with Gasteiger partial charge in [-0.25, -0.2) is 8.42 Å². The summed E-state index contributed by atoms with van der Waals surface area (Å²) in [5.74, 6) is 1.68. The van der Waals surface area contributed by atoms with Crippen molar-refractivity contribution >= 4 is 37.8 Å². The van der Waals surface area contributed by atoms with Gasteiger partial charge in [-0.3, -0.25) is 0 Å². The van der Waals surface area contributed by atoms with Gasteiger partial charge in [0.05, 0.1) is 23.7 Å². The first kappa shape index (κ1) is 28.3. The Labute approximate surface area is 261 Å². The molecule has 4 aliphatic heterocycles. The van der Waals surface area contributed by atoms with E-state index in [0.717, 1.165) is 63.7 Å². The fourth-order valence-electron chi connectivity index (χ4n) is 8.11. The molecule has 44 heavy (non-hydrogen) atoms. The first-order valence-electron chi connectivity index (χ1n) is 15.6. The topological polar surface area (TPSA) is 164 Å². The summed E-state index contributed by atoms with van der Waals surface area (Å²) in [6.45, 7) is 5.32. The van der Waals surface area contributed by atoms with Crippen molar-refractivity contribution in [1.29, 1.82) is 10.5 Å². The Kier molecular flexibility index (Phi) is 6.55. The number of nitrogen functional groups attached to an aromatic ring is 1. The molecule has 1 spiro atoms. The number of hydrogen-bond acceptors (Lipinski definition) is 13. The maximum atomic E-state index is 11.9. The number of nitrogens with one attached hydrogen (secondary N) is 1. The summed E-state index contributed by atoms with van der Waals surface area (Å²) in [6, 6.07) is 5.84. The number of sulfone groups is 1. The van der Waals surface area contributed by atoms with Gasteiger partial charge in [-0.1, -0.05) is 0 Å². The molecular formula is C30H37N9O3S2. The summed E-state index contributed by atoms with van der Waals surface area (Å²) in [5.41, 5.74) is 8.23. The zero-order valence-electron chi connectivity index (χ0n) is 24.7. The number of aromatic nitrogens is 2. The number of aryl methyl sites for hydroxylation is 1. The van der Waals surface area contributed by atoms with Gasteiger partial charge in [-0.05, 0) is 44.1 Å². The molecule has 3 N–H and O–H groups in total. The van der Waals surface area contributed by atoms with Gasteiger partial charge in [0.1, 0.15) is 22.7 Å². The fourth-order valence-corrected chi connectivity index (χ4v) is 10.5. The number of nitrogens with two attached hydrogens (primary N) is 1. The highest BCUT2D eigenvalue weighted by Gasteiger charge is 2.52. The van der Waals surface area contributed by atoms with Gasteiger partial charge in [0.2, 0.25) is 0 Å². The molecule has 2 bridgehead atoms. The van der Waals surface area contributed by atoms with Crippen molar-refractivity contribution < 1.29 is 13.2 Å². The number of ether oxygens (including phenoxy) is 1.